The predicted molar refractivity (Wildman–Crippen MR) is 361 cm³/mol. The van der Waals surface area contributed by atoms with Gasteiger partial charge >= 0.3 is 0 Å². The van der Waals surface area contributed by atoms with Crippen LogP contribution in [0.1, 0.15) is 22.6 Å². The lowest BCUT2D eigenvalue weighted by atomic mass is 9.31. The lowest BCUT2D eigenvalue weighted by Crippen LogP contribution is -2.61. The number of aromatic nitrogens is 3. The van der Waals surface area contributed by atoms with E-state index >= 15 is 0 Å². The normalized spacial score (nSPS) is 14.5. The first-order valence-electron chi connectivity index (χ1n) is 30.2. The maximum Gasteiger partial charge on any atom is 0.252 e. The number of anilines is 6. The molecule has 0 saturated carbocycles. The lowest BCUT2D eigenvalue weighted by molar-refractivity contribution is 1.01. The third-order valence-electron chi connectivity index (χ3n) is 20.2. The van der Waals surface area contributed by atoms with Crippen molar-refractivity contribution in [2.75, 3.05) is 9.80 Å². The van der Waals surface area contributed by atoms with Gasteiger partial charge in [0.05, 0.1) is 38.8 Å². The first-order valence-corrected chi connectivity index (χ1v) is 30.2. The van der Waals surface area contributed by atoms with Gasteiger partial charge in [0.25, 0.3) is 6.71 Å². The van der Waals surface area contributed by atoms with E-state index in [4.69, 9.17) is 0 Å². The van der Waals surface area contributed by atoms with Crippen molar-refractivity contribution in [3.8, 4) is 28.2 Å². The van der Waals surface area contributed by atoms with Crippen molar-refractivity contribution in [2.24, 2.45) is 0 Å². The van der Waals surface area contributed by atoms with Crippen molar-refractivity contribution in [3.63, 3.8) is 0 Å². The van der Waals surface area contributed by atoms with Crippen LogP contribution in [0.3, 0.4) is 0 Å². The molecule has 0 bridgehead atoms. The Kier molecular flexibility index (Phi) is 8.68. The Labute approximate surface area is 496 Å². The summed E-state index contributed by atoms with van der Waals surface area (Å²) in [5.74, 6) is -0.0508. The summed E-state index contributed by atoms with van der Waals surface area (Å²) >= 11 is 0. The second-order valence-electron chi connectivity index (χ2n) is 24.2. The summed E-state index contributed by atoms with van der Waals surface area (Å²) in [6.45, 7) is -0.0993. The molecular weight excluding hydrogens is 1040 g/mol. The Morgan fingerprint density at radius 2 is 0.744 bits per heavy atom. The molecule has 0 N–H and O–H groups in total. The molecule has 13 aromatic carbocycles. The molecule has 5 nitrogen and oxygen atoms in total. The average molecular weight is 1090 g/mol. The molecule has 7 heteroatoms. The molecule has 0 spiro atoms. The maximum atomic E-state index is 2.75. The third kappa shape index (κ3) is 5.55. The second-order valence-corrected chi connectivity index (χ2v) is 24.2. The summed E-state index contributed by atoms with van der Waals surface area (Å²) in [6, 6.07) is 106. The van der Waals surface area contributed by atoms with E-state index in [2.05, 4.69) is 303 Å². The van der Waals surface area contributed by atoms with E-state index in [9.17, 15) is 0 Å². The fourth-order valence-corrected chi connectivity index (χ4v) is 17.2. The smallest absolute Gasteiger partial charge is 0.252 e. The van der Waals surface area contributed by atoms with E-state index in [-0.39, 0.29) is 19.3 Å². The van der Waals surface area contributed by atoms with Gasteiger partial charge in [0, 0.05) is 89.3 Å². The van der Waals surface area contributed by atoms with Gasteiger partial charge < -0.3 is 23.5 Å². The van der Waals surface area contributed by atoms with Crippen LogP contribution in [0.15, 0.2) is 279 Å². The van der Waals surface area contributed by atoms with E-state index < -0.39 is 0 Å². The van der Waals surface area contributed by atoms with Crippen LogP contribution in [0.2, 0.25) is 0 Å². The molecule has 394 valence electrons. The summed E-state index contributed by atoms with van der Waals surface area (Å²) in [5, 5.41) is 7.57. The highest BCUT2D eigenvalue weighted by molar-refractivity contribution is 7.01. The van der Waals surface area contributed by atoms with Crippen molar-refractivity contribution in [1.82, 2.24) is 13.7 Å². The van der Waals surface area contributed by atoms with Crippen LogP contribution < -0.4 is 42.6 Å². The standard InChI is InChI=1S/C79H47B2N5/c1-3-23-47(24-4-1)82-67-41-21-14-34-59(67)81-61-45-57-73-69(85-64-38-18-11-29-52(64)53-30-12-19-39-65(53)85)46-71-77-79(73)86(68-42-22-15-35-60(68)80(77)58-33-13-20-40-66(58)83(71)48-25-5-2-6-26-48)78(57)74-55-32-8-7-31-54(55)72(75(61)74)56-43-49(44-70(82)76(56)81)84-62-36-16-9-27-50(62)51-28-10-17-37-63(51)84/h1-46,72H. The molecule has 1 atom stereocenters. The highest BCUT2D eigenvalue weighted by atomic mass is 15.2. The number of rotatable bonds is 4. The number of fused-ring (bicyclic) bond motifs is 22. The van der Waals surface area contributed by atoms with E-state index in [1.807, 2.05) is 0 Å². The summed E-state index contributed by atoms with van der Waals surface area (Å²) in [5.41, 5.74) is 33.0. The topological polar surface area (TPSA) is 21.3 Å². The van der Waals surface area contributed by atoms with Crippen molar-refractivity contribution in [3.05, 3.63) is 296 Å². The van der Waals surface area contributed by atoms with Gasteiger partial charge in [0.2, 0.25) is 6.71 Å². The summed E-state index contributed by atoms with van der Waals surface area (Å²) in [7, 11) is 0. The Bertz CT molecular complexity index is 5610. The summed E-state index contributed by atoms with van der Waals surface area (Å²) < 4.78 is 7.89. The number of hydrogen-bond donors (Lipinski definition) is 0. The molecule has 0 saturated heterocycles. The van der Waals surface area contributed by atoms with Gasteiger partial charge in [-0.1, -0.05) is 200 Å². The van der Waals surface area contributed by atoms with Crippen molar-refractivity contribution < 1.29 is 0 Å². The summed E-state index contributed by atoms with van der Waals surface area (Å²) in [4.78, 5) is 5.13. The first-order chi connectivity index (χ1) is 42.8. The number of para-hydroxylation sites is 9. The van der Waals surface area contributed by atoms with Gasteiger partial charge in [-0.3, -0.25) is 0 Å². The van der Waals surface area contributed by atoms with Gasteiger partial charge in [-0.05, 0) is 134 Å². The Hall–Kier alpha value is -11.0. The predicted octanol–water partition coefficient (Wildman–Crippen LogP) is 15.4. The van der Waals surface area contributed by atoms with Crippen LogP contribution in [-0.2, 0) is 0 Å². The quantitative estimate of drug-likeness (QED) is 0.164. The highest BCUT2D eigenvalue weighted by Crippen LogP contribution is 2.57. The monoisotopic (exact) mass is 1090 g/mol. The Balaban J connectivity index is 0.973. The van der Waals surface area contributed by atoms with E-state index in [1.165, 1.54) is 166 Å². The van der Waals surface area contributed by atoms with E-state index in [0.717, 1.165) is 11.4 Å². The minimum Gasteiger partial charge on any atom is -0.311 e. The summed E-state index contributed by atoms with van der Waals surface area (Å²) in [6.07, 6.45) is 0. The van der Waals surface area contributed by atoms with Crippen molar-refractivity contribution in [1.29, 1.82) is 0 Å². The molecule has 21 rings (SSSR count). The largest absolute Gasteiger partial charge is 0.311 e. The van der Waals surface area contributed by atoms with Gasteiger partial charge in [-0.2, -0.15) is 0 Å². The molecule has 0 amide bonds. The molecule has 1 unspecified atom stereocenters. The van der Waals surface area contributed by atoms with Gasteiger partial charge in [-0.25, -0.2) is 0 Å². The first kappa shape index (κ1) is 45.5. The molecule has 4 aliphatic heterocycles. The zero-order valence-corrected chi connectivity index (χ0v) is 46.5. The number of benzene rings is 13. The zero-order chi connectivity index (χ0) is 55.6. The third-order valence-corrected chi connectivity index (χ3v) is 20.2. The van der Waals surface area contributed by atoms with Crippen molar-refractivity contribution >= 4 is 146 Å². The molecule has 7 heterocycles. The van der Waals surface area contributed by atoms with E-state index in [1.54, 1.807) is 0 Å². The molecule has 86 heavy (non-hydrogen) atoms. The minimum absolute atomic E-state index is 0.0209. The maximum absolute atomic E-state index is 2.75. The zero-order valence-electron chi connectivity index (χ0n) is 46.5. The van der Waals surface area contributed by atoms with Crippen LogP contribution >= 0.6 is 0 Å². The Morgan fingerprint density at radius 1 is 0.279 bits per heavy atom. The van der Waals surface area contributed by atoms with Gasteiger partial charge in [0.15, 0.2) is 0 Å². The molecule has 3 aromatic heterocycles. The molecule has 1 aliphatic carbocycles. The van der Waals surface area contributed by atoms with Crippen molar-refractivity contribution in [2.45, 2.75) is 5.92 Å². The highest BCUT2D eigenvalue weighted by Gasteiger charge is 2.50. The molecule has 16 aromatic rings. The molecule has 0 fully saturated rings. The minimum atomic E-state index is -0.0783. The fraction of sp³-hybridized carbons (Fsp3) is 0.0127. The van der Waals surface area contributed by atoms with Crippen LogP contribution in [-0.4, -0.2) is 27.1 Å². The molecule has 5 aliphatic rings. The second kappa shape index (κ2) is 16.4. The van der Waals surface area contributed by atoms with Crippen LogP contribution in [0.4, 0.5) is 34.1 Å². The van der Waals surface area contributed by atoms with Gasteiger partial charge in [0.1, 0.15) is 0 Å². The molecule has 0 radical (unpaired) electrons. The number of hydrogen-bond acceptors (Lipinski definition) is 2. The molecular formula is C79H47B2N5. The van der Waals surface area contributed by atoms with Crippen LogP contribution in [0, 0.1) is 0 Å². The van der Waals surface area contributed by atoms with E-state index in [0.29, 0.717) is 0 Å². The van der Waals surface area contributed by atoms with Gasteiger partial charge in [-0.15, -0.1) is 0 Å². The average Bonchev–Trinajstić information content (AvgIpc) is 1.63. The fourth-order valence-electron chi connectivity index (χ4n) is 17.2. The SMILES string of the molecule is c1ccc(N2c3ccccc3B3c4cc5c6c(-n7c8ccccc8c8ccccc87)cc7c8c6n(c5c5c4C(c4ccccc4-5)c4cc(-n5c6ccccc6c6ccccc65)cc2c43)-c2ccccc2B8c2ccccc2N7c2ccccc2)cc1. The Morgan fingerprint density at radius 3 is 1.34 bits per heavy atom. The van der Waals surface area contributed by atoms with Crippen LogP contribution in [0.25, 0.3) is 93.6 Å². The van der Waals surface area contributed by atoms with Crippen LogP contribution in [0.5, 0.6) is 0 Å². The number of nitrogens with zero attached hydrogens (tertiary/aromatic N) is 5. The lowest BCUT2D eigenvalue weighted by Gasteiger charge is -2.42.